The molecule has 3 N–H and O–H groups in total. The summed E-state index contributed by atoms with van der Waals surface area (Å²) in [5, 5.41) is 2.69. The number of nitrogens with one attached hydrogen (secondary N) is 1. The zero-order chi connectivity index (χ0) is 8.55. The summed E-state index contributed by atoms with van der Waals surface area (Å²) in [5.74, 6) is -0.241. The Hall–Kier alpha value is -1.16. The van der Waals surface area contributed by atoms with Crippen molar-refractivity contribution in [2.24, 2.45) is 16.6 Å². The molecule has 0 aliphatic carbocycles. The second-order valence-corrected chi connectivity index (χ2v) is 2.98. The summed E-state index contributed by atoms with van der Waals surface area (Å²) in [6, 6.07) is 0. The van der Waals surface area contributed by atoms with Gasteiger partial charge in [-0.15, -0.1) is 0 Å². The predicted octanol–water partition coefficient (Wildman–Crippen LogP) is -0.580. The first-order chi connectivity index (χ1) is 5.83. The highest BCUT2D eigenvalue weighted by molar-refractivity contribution is 6.16. The van der Waals surface area contributed by atoms with E-state index in [1.54, 1.807) is 6.20 Å². The van der Waals surface area contributed by atoms with Crippen molar-refractivity contribution in [1.29, 1.82) is 0 Å². The van der Waals surface area contributed by atoms with Crippen molar-refractivity contribution in [2.75, 3.05) is 13.1 Å². The van der Waals surface area contributed by atoms with Crippen LogP contribution in [-0.4, -0.2) is 24.7 Å². The van der Waals surface area contributed by atoms with Gasteiger partial charge in [-0.3, -0.25) is 9.79 Å². The Morgan fingerprint density at radius 1 is 1.75 bits per heavy atom. The van der Waals surface area contributed by atoms with Gasteiger partial charge in [0, 0.05) is 19.3 Å². The largest absolute Gasteiger partial charge is 0.332 e. The number of rotatable bonds is 1. The van der Waals surface area contributed by atoms with Crippen LogP contribution in [0.1, 0.15) is 6.42 Å². The quantitative estimate of drug-likeness (QED) is 0.546. The zero-order valence-corrected chi connectivity index (χ0v) is 6.71. The molecule has 64 valence electrons. The van der Waals surface area contributed by atoms with Crippen LogP contribution < -0.4 is 11.1 Å². The Bertz CT molecular complexity index is 280. The van der Waals surface area contributed by atoms with Gasteiger partial charge in [-0.25, -0.2) is 0 Å². The van der Waals surface area contributed by atoms with Crippen LogP contribution in [0.5, 0.6) is 0 Å². The highest BCUT2D eigenvalue weighted by Gasteiger charge is 2.30. The molecule has 2 aliphatic rings. The highest BCUT2D eigenvalue weighted by Crippen LogP contribution is 2.21. The summed E-state index contributed by atoms with van der Waals surface area (Å²) in [6.07, 6.45) is 2.69. The van der Waals surface area contributed by atoms with Crippen molar-refractivity contribution in [2.45, 2.75) is 6.42 Å². The van der Waals surface area contributed by atoms with E-state index < -0.39 is 0 Å². The van der Waals surface area contributed by atoms with E-state index in [-0.39, 0.29) is 11.8 Å². The molecule has 2 aliphatic heterocycles. The summed E-state index contributed by atoms with van der Waals surface area (Å²) in [5.41, 5.74) is 7.53. The lowest BCUT2D eigenvalue weighted by Crippen LogP contribution is -2.41. The number of aliphatic imine (C=N–C) groups is 1. The molecule has 4 nitrogen and oxygen atoms in total. The molecule has 0 aromatic rings. The van der Waals surface area contributed by atoms with Crippen LogP contribution >= 0.6 is 0 Å². The van der Waals surface area contributed by atoms with Crippen LogP contribution in [0, 0.1) is 5.92 Å². The van der Waals surface area contributed by atoms with E-state index in [4.69, 9.17) is 5.73 Å². The minimum absolute atomic E-state index is 0.0260. The maximum Gasteiger partial charge on any atom is 0.234 e. The van der Waals surface area contributed by atoms with E-state index in [0.29, 0.717) is 6.54 Å². The van der Waals surface area contributed by atoms with Crippen LogP contribution in [0.4, 0.5) is 0 Å². The van der Waals surface area contributed by atoms with Gasteiger partial charge in [-0.1, -0.05) is 0 Å². The number of carbonyl (C=O) groups is 1. The first-order valence-electron chi connectivity index (χ1n) is 4.07. The maximum absolute atomic E-state index is 11.3. The fourth-order valence-electron chi connectivity index (χ4n) is 1.61. The van der Waals surface area contributed by atoms with Gasteiger partial charge in [-0.05, 0) is 12.0 Å². The van der Waals surface area contributed by atoms with Crippen LogP contribution in [-0.2, 0) is 4.79 Å². The maximum atomic E-state index is 11.3. The number of carbonyl (C=O) groups excluding carboxylic acids is 1. The van der Waals surface area contributed by atoms with Gasteiger partial charge in [0.2, 0.25) is 5.91 Å². The smallest absolute Gasteiger partial charge is 0.234 e. The molecule has 0 radical (unpaired) electrons. The van der Waals surface area contributed by atoms with Gasteiger partial charge in [0.1, 0.15) is 0 Å². The van der Waals surface area contributed by atoms with Crippen molar-refractivity contribution >= 4 is 11.6 Å². The monoisotopic (exact) mass is 165 g/mol. The lowest BCUT2D eigenvalue weighted by molar-refractivity contribution is -0.122. The van der Waals surface area contributed by atoms with Gasteiger partial charge in [0.25, 0.3) is 0 Å². The molecule has 1 atom stereocenters. The third-order valence-electron chi connectivity index (χ3n) is 2.26. The van der Waals surface area contributed by atoms with Crippen LogP contribution in [0.25, 0.3) is 0 Å². The van der Waals surface area contributed by atoms with Crippen LogP contribution in [0.2, 0.25) is 0 Å². The Morgan fingerprint density at radius 3 is 3.33 bits per heavy atom. The van der Waals surface area contributed by atoms with E-state index in [1.165, 1.54) is 0 Å². The standard InChI is InChI=1S/C8H11N3O/c9-3-6-7-5(1-2-10-7)4-11-8(6)12/h4,6H,1-3,9H2,(H,11,12). The first kappa shape index (κ1) is 7.49. The van der Waals surface area contributed by atoms with E-state index in [9.17, 15) is 4.79 Å². The predicted molar refractivity (Wildman–Crippen MR) is 45.7 cm³/mol. The molecule has 0 saturated heterocycles. The molecule has 0 aromatic carbocycles. The van der Waals surface area contributed by atoms with Gasteiger partial charge in [0.05, 0.1) is 11.6 Å². The van der Waals surface area contributed by atoms with Crippen molar-refractivity contribution in [3.8, 4) is 0 Å². The van der Waals surface area contributed by atoms with E-state index in [1.807, 2.05) is 0 Å². The number of nitrogens with two attached hydrogens (primary N) is 1. The fourth-order valence-corrected chi connectivity index (χ4v) is 1.61. The van der Waals surface area contributed by atoms with E-state index in [0.717, 1.165) is 24.3 Å². The van der Waals surface area contributed by atoms with E-state index >= 15 is 0 Å². The summed E-state index contributed by atoms with van der Waals surface area (Å²) in [6.45, 7) is 1.15. The lowest BCUT2D eigenvalue weighted by atomic mass is 9.94. The molecular formula is C8H11N3O. The molecule has 2 rings (SSSR count). The summed E-state index contributed by atoms with van der Waals surface area (Å²) in [4.78, 5) is 15.5. The fraction of sp³-hybridized carbons (Fsp3) is 0.500. The Balaban J connectivity index is 2.34. The Kier molecular flexibility index (Phi) is 1.69. The second-order valence-electron chi connectivity index (χ2n) is 2.98. The third-order valence-corrected chi connectivity index (χ3v) is 2.26. The van der Waals surface area contributed by atoms with Gasteiger partial charge < -0.3 is 11.1 Å². The molecular weight excluding hydrogens is 154 g/mol. The summed E-state index contributed by atoms with van der Waals surface area (Å²) in [7, 11) is 0. The van der Waals surface area contributed by atoms with Crippen LogP contribution in [0.15, 0.2) is 16.8 Å². The average molecular weight is 165 g/mol. The highest BCUT2D eigenvalue weighted by atomic mass is 16.1. The molecule has 0 bridgehead atoms. The molecule has 4 heteroatoms. The molecule has 0 saturated carbocycles. The average Bonchev–Trinajstić information content (AvgIpc) is 2.52. The van der Waals surface area contributed by atoms with Crippen LogP contribution in [0.3, 0.4) is 0 Å². The Morgan fingerprint density at radius 2 is 2.58 bits per heavy atom. The third kappa shape index (κ3) is 0.956. The molecule has 0 aromatic heterocycles. The lowest BCUT2D eigenvalue weighted by Gasteiger charge is -2.19. The summed E-state index contributed by atoms with van der Waals surface area (Å²) >= 11 is 0. The first-order valence-corrected chi connectivity index (χ1v) is 4.07. The van der Waals surface area contributed by atoms with E-state index in [2.05, 4.69) is 10.3 Å². The number of amides is 1. The molecule has 2 heterocycles. The normalized spacial score (nSPS) is 27.4. The van der Waals surface area contributed by atoms with Gasteiger partial charge >= 0.3 is 0 Å². The van der Waals surface area contributed by atoms with Gasteiger partial charge in [-0.2, -0.15) is 0 Å². The number of hydrogen-bond acceptors (Lipinski definition) is 3. The van der Waals surface area contributed by atoms with Gasteiger partial charge in [0.15, 0.2) is 0 Å². The number of hydrogen-bond donors (Lipinski definition) is 2. The molecule has 12 heavy (non-hydrogen) atoms. The zero-order valence-electron chi connectivity index (χ0n) is 6.71. The molecule has 1 unspecified atom stereocenters. The Labute approximate surface area is 70.5 Å². The van der Waals surface area contributed by atoms with Crippen molar-refractivity contribution < 1.29 is 4.79 Å². The number of fused-ring (bicyclic) bond motifs is 1. The minimum Gasteiger partial charge on any atom is -0.332 e. The number of nitrogens with zero attached hydrogens (tertiary/aromatic N) is 1. The second kappa shape index (κ2) is 2.71. The topological polar surface area (TPSA) is 67.5 Å². The van der Waals surface area contributed by atoms with Crippen molar-refractivity contribution in [1.82, 2.24) is 5.32 Å². The minimum atomic E-state index is -0.215. The van der Waals surface area contributed by atoms with Crippen molar-refractivity contribution in [3.05, 3.63) is 11.8 Å². The molecule has 1 amide bonds. The summed E-state index contributed by atoms with van der Waals surface area (Å²) < 4.78 is 0. The molecule has 0 fully saturated rings. The SMILES string of the molecule is NCC1C(=O)NC=C2CCN=C21. The van der Waals surface area contributed by atoms with Crippen molar-refractivity contribution in [3.63, 3.8) is 0 Å². The molecule has 0 spiro atoms.